The topological polar surface area (TPSA) is 20.2 Å². The van der Waals surface area contributed by atoms with E-state index in [-0.39, 0.29) is 5.88 Å². The van der Waals surface area contributed by atoms with E-state index in [1.54, 1.807) is 12.2 Å². The Morgan fingerprint density at radius 2 is 2.43 bits per heavy atom. The molecule has 0 bridgehead atoms. The fraction of sp³-hybridized carbons (Fsp3) is 0.600. The minimum absolute atomic E-state index is 0.282. The number of rotatable bonds is 2. The number of alkyl halides is 1. The van der Waals surface area contributed by atoms with E-state index < -0.39 is 6.10 Å². The number of aliphatic hydroxyl groups excluding tert-OH is 1. The maximum absolute atomic E-state index is 8.64. The lowest BCUT2D eigenvalue weighted by molar-refractivity contribution is 0.247. The van der Waals surface area contributed by atoms with Gasteiger partial charge in [0, 0.05) is 0 Å². The third-order valence-electron chi connectivity index (χ3n) is 0.573. The molecule has 7 heavy (non-hydrogen) atoms. The van der Waals surface area contributed by atoms with Crippen LogP contribution < -0.4 is 0 Å². The second kappa shape index (κ2) is 4.16. The summed E-state index contributed by atoms with van der Waals surface area (Å²) in [6.07, 6.45) is 2.95. The summed E-state index contributed by atoms with van der Waals surface area (Å²) in [5.41, 5.74) is 0. The number of halogens is 1. The average molecular weight is 121 g/mol. The molecular formula is C5H9ClO. The largest absolute Gasteiger partial charge is 0.388 e. The van der Waals surface area contributed by atoms with E-state index in [1.165, 1.54) is 0 Å². The molecule has 2 heteroatoms. The molecule has 1 atom stereocenters. The van der Waals surface area contributed by atoms with Crippen molar-refractivity contribution in [1.82, 2.24) is 0 Å². The Morgan fingerprint density at radius 3 is 2.57 bits per heavy atom. The van der Waals surface area contributed by atoms with Crippen LogP contribution in [0.2, 0.25) is 0 Å². The van der Waals surface area contributed by atoms with Crippen molar-refractivity contribution in [2.24, 2.45) is 0 Å². The fourth-order valence-corrected chi connectivity index (χ4v) is 0.376. The van der Waals surface area contributed by atoms with Gasteiger partial charge in [-0.1, -0.05) is 12.2 Å². The molecule has 0 heterocycles. The summed E-state index contributed by atoms with van der Waals surface area (Å²) in [5.74, 6) is 0.282. The quantitative estimate of drug-likeness (QED) is 0.428. The van der Waals surface area contributed by atoms with Crippen molar-refractivity contribution < 1.29 is 5.11 Å². The van der Waals surface area contributed by atoms with Gasteiger partial charge in [-0.3, -0.25) is 0 Å². The lowest BCUT2D eigenvalue weighted by Crippen LogP contribution is -2.01. The molecule has 0 aromatic carbocycles. The normalized spacial score (nSPS) is 15.3. The van der Waals surface area contributed by atoms with E-state index in [4.69, 9.17) is 16.7 Å². The van der Waals surface area contributed by atoms with Crippen LogP contribution in [0.5, 0.6) is 0 Å². The van der Waals surface area contributed by atoms with Gasteiger partial charge in [-0.15, -0.1) is 11.6 Å². The Morgan fingerprint density at radius 1 is 1.86 bits per heavy atom. The number of allylic oxidation sites excluding steroid dienone is 1. The standard InChI is InChI=1S/C5H9ClO/c1-2-3-5(7)4-6/h2-3,5,7H,4H2,1H3/b3-2+/t5-/m0/s1. The molecule has 42 valence electrons. The van der Waals surface area contributed by atoms with Gasteiger partial charge in [0.05, 0.1) is 12.0 Å². The van der Waals surface area contributed by atoms with Gasteiger partial charge < -0.3 is 5.11 Å². The first-order chi connectivity index (χ1) is 3.31. The van der Waals surface area contributed by atoms with Gasteiger partial charge in [0.1, 0.15) is 0 Å². The molecule has 0 aromatic heterocycles. The molecule has 0 aliphatic rings. The summed E-state index contributed by atoms with van der Waals surface area (Å²) in [5, 5.41) is 8.64. The van der Waals surface area contributed by atoms with Crippen molar-refractivity contribution >= 4 is 11.6 Å². The van der Waals surface area contributed by atoms with Gasteiger partial charge in [-0.25, -0.2) is 0 Å². The second-order valence-electron chi connectivity index (χ2n) is 1.25. The van der Waals surface area contributed by atoms with E-state index in [0.29, 0.717) is 0 Å². The smallest absolute Gasteiger partial charge is 0.0856 e. The highest BCUT2D eigenvalue weighted by Gasteiger charge is 1.89. The number of aliphatic hydroxyl groups is 1. The molecule has 0 rings (SSSR count). The van der Waals surface area contributed by atoms with Crippen LogP contribution in [-0.2, 0) is 0 Å². The van der Waals surface area contributed by atoms with Crippen LogP contribution in [0.3, 0.4) is 0 Å². The zero-order valence-corrected chi connectivity index (χ0v) is 5.02. The van der Waals surface area contributed by atoms with Crippen LogP contribution >= 0.6 is 11.6 Å². The number of hydrogen-bond donors (Lipinski definition) is 1. The molecule has 0 aromatic rings. The minimum Gasteiger partial charge on any atom is -0.388 e. The maximum atomic E-state index is 8.64. The van der Waals surface area contributed by atoms with Crippen LogP contribution in [0.25, 0.3) is 0 Å². The van der Waals surface area contributed by atoms with Crippen molar-refractivity contribution in [2.75, 3.05) is 5.88 Å². The van der Waals surface area contributed by atoms with E-state index >= 15 is 0 Å². The van der Waals surface area contributed by atoms with Crippen molar-refractivity contribution in [3.8, 4) is 0 Å². The monoisotopic (exact) mass is 120 g/mol. The molecule has 1 N–H and O–H groups in total. The van der Waals surface area contributed by atoms with Crippen molar-refractivity contribution in [2.45, 2.75) is 13.0 Å². The van der Waals surface area contributed by atoms with Crippen molar-refractivity contribution in [1.29, 1.82) is 0 Å². The predicted octanol–water partition coefficient (Wildman–Crippen LogP) is 1.16. The third kappa shape index (κ3) is 3.83. The highest BCUT2D eigenvalue weighted by Crippen LogP contribution is 1.87. The molecule has 0 radical (unpaired) electrons. The van der Waals surface area contributed by atoms with E-state index in [1.807, 2.05) is 6.92 Å². The van der Waals surface area contributed by atoms with Gasteiger partial charge in [0.25, 0.3) is 0 Å². The highest BCUT2D eigenvalue weighted by atomic mass is 35.5. The molecule has 0 spiro atoms. The van der Waals surface area contributed by atoms with Crippen LogP contribution in [-0.4, -0.2) is 17.1 Å². The molecular weight excluding hydrogens is 112 g/mol. The highest BCUT2D eigenvalue weighted by molar-refractivity contribution is 6.18. The zero-order valence-electron chi connectivity index (χ0n) is 4.26. The first-order valence-corrected chi connectivity index (χ1v) is 2.71. The molecule has 0 fully saturated rings. The van der Waals surface area contributed by atoms with Crippen LogP contribution in [0, 0.1) is 0 Å². The Hall–Kier alpha value is -0.0100. The number of hydrogen-bond acceptors (Lipinski definition) is 1. The van der Waals surface area contributed by atoms with Crippen LogP contribution in [0.15, 0.2) is 12.2 Å². The lowest BCUT2D eigenvalue weighted by Gasteiger charge is -1.93. The summed E-state index contributed by atoms with van der Waals surface area (Å²) >= 11 is 5.23. The molecule has 0 aliphatic carbocycles. The van der Waals surface area contributed by atoms with Gasteiger partial charge in [0.15, 0.2) is 0 Å². The van der Waals surface area contributed by atoms with Gasteiger partial charge >= 0.3 is 0 Å². The minimum atomic E-state index is -0.466. The molecule has 0 aliphatic heterocycles. The summed E-state index contributed by atoms with van der Waals surface area (Å²) < 4.78 is 0. The Kier molecular flexibility index (Phi) is 4.15. The Bertz CT molecular complexity index is 61.1. The van der Waals surface area contributed by atoms with Gasteiger partial charge in [-0.2, -0.15) is 0 Å². The molecule has 0 unspecified atom stereocenters. The SMILES string of the molecule is C/C=C/[C@H](O)CCl. The molecule has 0 amide bonds. The molecule has 0 saturated carbocycles. The lowest BCUT2D eigenvalue weighted by atomic mass is 10.4. The van der Waals surface area contributed by atoms with E-state index in [2.05, 4.69) is 0 Å². The van der Waals surface area contributed by atoms with Gasteiger partial charge in [0.2, 0.25) is 0 Å². The molecule has 1 nitrogen and oxygen atoms in total. The van der Waals surface area contributed by atoms with Crippen molar-refractivity contribution in [3.63, 3.8) is 0 Å². The van der Waals surface area contributed by atoms with Crippen LogP contribution in [0.4, 0.5) is 0 Å². The first kappa shape index (κ1) is 6.99. The second-order valence-corrected chi connectivity index (χ2v) is 1.56. The predicted molar refractivity (Wildman–Crippen MR) is 31.5 cm³/mol. The summed E-state index contributed by atoms with van der Waals surface area (Å²) in [6.45, 7) is 1.84. The summed E-state index contributed by atoms with van der Waals surface area (Å²) in [6, 6.07) is 0. The Labute approximate surface area is 48.6 Å². The van der Waals surface area contributed by atoms with Crippen LogP contribution in [0.1, 0.15) is 6.92 Å². The van der Waals surface area contributed by atoms with Gasteiger partial charge in [-0.05, 0) is 6.92 Å². The maximum Gasteiger partial charge on any atom is 0.0856 e. The van der Waals surface area contributed by atoms with E-state index in [9.17, 15) is 0 Å². The van der Waals surface area contributed by atoms with E-state index in [0.717, 1.165) is 0 Å². The first-order valence-electron chi connectivity index (χ1n) is 2.18. The average Bonchev–Trinajstić information content (AvgIpc) is 1.68. The summed E-state index contributed by atoms with van der Waals surface area (Å²) in [4.78, 5) is 0. The fourth-order valence-electron chi connectivity index (χ4n) is 0.274. The summed E-state index contributed by atoms with van der Waals surface area (Å²) in [7, 11) is 0. The van der Waals surface area contributed by atoms with Crippen molar-refractivity contribution in [3.05, 3.63) is 12.2 Å². The Balaban J connectivity index is 3.16. The molecule has 0 saturated heterocycles. The third-order valence-corrected chi connectivity index (χ3v) is 0.889. The zero-order chi connectivity index (χ0) is 5.70.